The van der Waals surface area contributed by atoms with Crippen LogP contribution in [0.4, 0.5) is 18.0 Å². The maximum Gasteiger partial charge on any atom is 0.417 e. The third-order valence-corrected chi connectivity index (χ3v) is 7.65. The van der Waals surface area contributed by atoms with Crippen LogP contribution < -0.4 is 5.32 Å². The Morgan fingerprint density at radius 2 is 1.82 bits per heavy atom. The summed E-state index contributed by atoms with van der Waals surface area (Å²) in [6.45, 7) is 4.22. The SMILES string of the molecule is CC(C)(C)OC(=O)N1C[C@H](S(=O)(=O)c2ccccc2C(F)(F)F)C[C@H]1C(=O)NC1(C#N)CC1. The lowest BCUT2D eigenvalue weighted by molar-refractivity contribution is -0.139. The molecule has 1 heterocycles. The Morgan fingerprint density at radius 1 is 1.21 bits per heavy atom. The normalized spacial score (nSPS) is 22.4. The van der Waals surface area contributed by atoms with E-state index in [1.165, 1.54) is 6.07 Å². The van der Waals surface area contributed by atoms with Crippen LogP contribution in [0.2, 0.25) is 0 Å². The second-order valence-corrected chi connectivity index (χ2v) is 11.4. The van der Waals surface area contributed by atoms with E-state index in [1.807, 2.05) is 6.07 Å². The van der Waals surface area contributed by atoms with Gasteiger partial charge in [-0.1, -0.05) is 12.1 Å². The summed E-state index contributed by atoms with van der Waals surface area (Å²) in [6, 6.07) is 4.44. The summed E-state index contributed by atoms with van der Waals surface area (Å²) in [5.41, 5.74) is -3.35. The van der Waals surface area contributed by atoms with Crippen molar-refractivity contribution in [1.82, 2.24) is 10.2 Å². The Morgan fingerprint density at radius 3 is 2.33 bits per heavy atom. The number of rotatable bonds is 4. The molecule has 12 heteroatoms. The molecular weight excluding hydrogens is 463 g/mol. The van der Waals surface area contributed by atoms with Gasteiger partial charge in [0.2, 0.25) is 5.91 Å². The van der Waals surface area contributed by atoms with Crippen molar-refractivity contribution in [3.8, 4) is 6.07 Å². The molecule has 2 atom stereocenters. The maximum atomic E-state index is 13.4. The van der Waals surface area contributed by atoms with Crippen LogP contribution in [-0.4, -0.2) is 54.3 Å². The van der Waals surface area contributed by atoms with Crippen LogP contribution >= 0.6 is 0 Å². The summed E-state index contributed by atoms with van der Waals surface area (Å²) in [4.78, 5) is 25.6. The van der Waals surface area contributed by atoms with E-state index in [-0.39, 0.29) is 0 Å². The Balaban J connectivity index is 1.95. The zero-order valence-electron chi connectivity index (χ0n) is 18.3. The summed E-state index contributed by atoms with van der Waals surface area (Å²) in [7, 11) is -4.58. The largest absolute Gasteiger partial charge is 0.444 e. The van der Waals surface area contributed by atoms with Gasteiger partial charge in [-0.25, -0.2) is 13.2 Å². The lowest BCUT2D eigenvalue weighted by Gasteiger charge is -2.28. The molecule has 1 aliphatic carbocycles. The molecule has 0 spiro atoms. The number of carbonyl (C=O) groups excluding carboxylic acids is 2. The fourth-order valence-corrected chi connectivity index (χ4v) is 5.54. The number of hydrogen-bond donors (Lipinski definition) is 1. The number of amides is 2. The quantitative estimate of drug-likeness (QED) is 0.698. The number of sulfone groups is 1. The van der Waals surface area contributed by atoms with Gasteiger partial charge in [0.1, 0.15) is 17.2 Å². The number of likely N-dealkylation sites (tertiary alicyclic amines) is 1. The molecular formula is C21H24F3N3O5S. The number of nitrogens with zero attached hydrogens (tertiary/aromatic N) is 2. The number of hydrogen-bond acceptors (Lipinski definition) is 6. The molecule has 0 radical (unpaired) electrons. The topological polar surface area (TPSA) is 117 Å². The second kappa shape index (κ2) is 8.20. The summed E-state index contributed by atoms with van der Waals surface area (Å²) in [5.74, 6) is -0.748. The molecule has 0 unspecified atom stereocenters. The third-order valence-electron chi connectivity index (χ3n) is 5.46. The van der Waals surface area contributed by atoms with Gasteiger partial charge in [0.25, 0.3) is 0 Å². The van der Waals surface area contributed by atoms with Gasteiger partial charge < -0.3 is 10.1 Å². The molecule has 2 aliphatic rings. The fourth-order valence-electron chi connectivity index (χ4n) is 3.63. The minimum atomic E-state index is -4.91. The predicted octanol–water partition coefficient (Wildman–Crippen LogP) is 3.03. The van der Waals surface area contributed by atoms with Crippen LogP contribution in [0, 0.1) is 11.3 Å². The van der Waals surface area contributed by atoms with Crippen molar-refractivity contribution in [3.63, 3.8) is 0 Å². The maximum absolute atomic E-state index is 13.4. The van der Waals surface area contributed by atoms with Gasteiger partial charge in [0, 0.05) is 6.54 Å². The lowest BCUT2D eigenvalue weighted by Crippen LogP contribution is -2.50. The minimum Gasteiger partial charge on any atom is -0.444 e. The second-order valence-electron chi connectivity index (χ2n) is 9.23. The van der Waals surface area contributed by atoms with E-state index in [1.54, 1.807) is 20.8 Å². The summed E-state index contributed by atoms with van der Waals surface area (Å²) < 4.78 is 72.1. The van der Waals surface area contributed by atoms with Gasteiger partial charge in [-0.3, -0.25) is 9.69 Å². The molecule has 1 saturated heterocycles. The molecule has 180 valence electrons. The Hall–Kier alpha value is -2.81. The molecule has 0 aromatic heterocycles. The van der Waals surface area contributed by atoms with Crippen LogP contribution in [-0.2, 0) is 25.5 Å². The van der Waals surface area contributed by atoms with E-state index < -0.39 is 73.9 Å². The Labute approximate surface area is 189 Å². The number of nitriles is 1. The van der Waals surface area contributed by atoms with Gasteiger partial charge in [0.15, 0.2) is 9.84 Å². The van der Waals surface area contributed by atoms with Crippen molar-refractivity contribution < 1.29 is 35.9 Å². The number of carbonyl (C=O) groups is 2. The molecule has 2 fully saturated rings. The average Bonchev–Trinajstić information content (AvgIpc) is 3.31. The first-order valence-corrected chi connectivity index (χ1v) is 11.8. The highest BCUT2D eigenvalue weighted by atomic mass is 32.2. The minimum absolute atomic E-state index is 0.412. The Bertz CT molecular complexity index is 1100. The van der Waals surface area contributed by atoms with Crippen molar-refractivity contribution in [2.45, 2.75) is 73.5 Å². The van der Waals surface area contributed by atoms with Crippen LogP contribution in [0.25, 0.3) is 0 Å². The zero-order valence-corrected chi connectivity index (χ0v) is 19.1. The molecule has 33 heavy (non-hydrogen) atoms. The van der Waals surface area contributed by atoms with Crippen LogP contribution in [0.5, 0.6) is 0 Å². The van der Waals surface area contributed by atoms with Crippen molar-refractivity contribution in [2.75, 3.05) is 6.54 Å². The molecule has 1 N–H and O–H groups in total. The summed E-state index contributed by atoms with van der Waals surface area (Å²) in [5, 5.41) is 10.3. The van der Waals surface area contributed by atoms with Crippen molar-refractivity contribution in [2.24, 2.45) is 0 Å². The number of alkyl halides is 3. The number of halogens is 3. The number of benzene rings is 1. The molecule has 2 amide bonds. The monoisotopic (exact) mass is 487 g/mol. The summed E-state index contributed by atoms with van der Waals surface area (Å²) >= 11 is 0. The lowest BCUT2D eigenvalue weighted by atomic mass is 10.2. The first-order chi connectivity index (χ1) is 15.1. The number of nitrogens with one attached hydrogen (secondary N) is 1. The van der Waals surface area contributed by atoms with Crippen LogP contribution in [0.1, 0.15) is 45.6 Å². The predicted molar refractivity (Wildman–Crippen MR) is 109 cm³/mol. The van der Waals surface area contributed by atoms with Gasteiger partial charge in [0.05, 0.1) is 21.8 Å². The van der Waals surface area contributed by atoms with Crippen molar-refractivity contribution >= 4 is 21.8 Å². The average molecular weight is 488 g/mol. The highest BCUT2D eigenvalue weighted by molar-refractivity contribution is 7.92. The van der Waals surface area contributed by atoms with Gasteiger partial charge in [-0.15, -0.1) is 0 Å². The van der Waals surface area contributed by atoms with E-state index in [9.17, 15) is 36.4 Å². The number of ether oxygens (including phenoxy) is 1. The first kappa shape index (κ1) is 24.8. The molecule has 1 aromatic carbocycles. The Kier molecular flexibility index (Phi) is 6.17. The van der Waals surface area contributed by atoms with Crippen molar-refractivity contribution in [3.05, 3.63) is 29.8 Å². The van der Waals surface area contributed by atoms with Crippen LogP contribution in [0.15, 0.2) is 29.2 Å². The summed E-state index contributed by atoms with van der Waals surface area (Å²) in [6.07, 6.45) is -5.48. The first-order valence-electron chi connectivity index (χ1n) is 10.2. The molecule has 0 bridgehead atoms. The van der Waals surface area contributed by atoms with Gasteiger partial charge in [-0.2, -0.15) is 18.4 Å². The van der Waals surface area contributed by atoms with E-state index in [0.29, 0.717) is 18.9 Å². The van der Waals surface area contributed by atoms with E-state index in [0.717, 1.165) is 17.0 Å². The molecule has 1 saturated carbocycles. The highest BCUT2D eigenvalue weighted by Gasteiger charge is 2.51. The van der Waals surface area contributed by atoms with E-state index >= 15 is 0 Å². The van der Waals surface area contributed by atoms with Gasteiger partial charge >= 0.3 is 12.3 Å². The molecule has 1 aromatic rings. The van der Waals surface area contributed by atoms with Gasteiger partial charge in [-0.05, 0) is 52.2 Å². The fraction of sp³-hybridized carbons (Fsp3) is 0.571. The third kappa shape index (κ3) is 5.24. The van der Waals surface area contributed by atoms with Crippen molar-refractivity contribution in [1.29, 1.82) is 5.26 Å². The molecule has 1 aliphatic heterocycles. The van der Waals surface area contributed by atoms with E-state index in [2.05, 4.69) is 5.32 Å². The highest BCUT2D eigenvalue weighted by Crippen LogP contribution is 2.39. The smallest absolute Gasteiger partial charge is 0.417 e. The standard InChI is InChI=1S/C21H24F3N3O5S/c1-19(2,3)32-18(29)27-11-13(10-15(27)17(28)26-20(12-25)8-9-20)33(30,31)16-7-5-4-6-14(16)21(22,23)24/h4-7,13,15H,8-11H2,1-3H3,(H,26,28)/t13-,15+/m1/s1. The van der Waals surface area contributed by atoms with E-state index in [4.69, 9.17) is 4.74 Å². The molecule has 8 nitrogen and oxygen atoms in total. The van der Waals surface area contributed by atoms with Crippen LogP contribution in [0.3, 0.4) is 0 Å². The zero-order chi connectivity index (χ0) is 24.8. The molecule has 3 rings (SSSR count).